The van der Waals surface area contributed by atoms with Crippen molar-refractivity contribution in [3.8, 4) is 0 Å². The highest BCUT2D eigenvalue weighted by atomic mass is 79.9. The molecule has 0 spiro atoms. The molecular formula is C12H13BrS. The highest BCUT2D eigenvalue weighted by molar-refractivity contribution is 9.08. The fourth-order valence-corrected chi connectivity index (χ4v) is 3.30. The third-order valence-electron chi connectivity index (χ3n) is 2.58. The molecule has 0 N–H and O–H groups in total. The maximum absolute atomic E-state index is 3.49. The summed E-state index contributed by atoms with van der Waals surface area (Å²) >= 11 is 5.42. The fourth-order valence-electron chi connectivity index (χ4n) is 1.74. The SMILES string of the molecule is CCc1sc2cc(CBr)ccc2c1C. The van der Waals surface area contributed by atoms with Gasteiger partial charge in [-0.05, 0) is 35.9 Å². The smallest absolute Gasteiger partial charge is 0.0351 e. The van der Waals surface area contributed by atoms with Crippen LogP contribution in [0.5, 0.6) is 0 Å². The van der Waals surface area contributed by atoms with Gasteiger partial charge in [0.1, 0.15) is 0 Å². The Morgan fingerprint density at radius 3 is 2.79 bits per heavy atom. The zero-order valence-electron chi connectivity index (χ0n) is 8.43. The van der Waals surface area contributed by atoms with Crippen LogP contribution in [0.25, 0.3) is 10.1 Å². The van der Waals surface area contributed by atoms with Crippen LogP contribution in [-0.4, -0.2) is 0 Å². The minimum Gasteiger partial charge on any atom is -0.140 e. The van der Waals surface area contributed by atoms with Crippen molar-refractivity contribution in [2.45, 2.75) is 25.6 Å². The average molecular weight is 269 g/mol. The van der Waals surface area contributed by atoms with E-state index in [1.165, 1.54) is 26.1 Å². The molecule has 0 atom stereocenters. The van der Waals surface area contributed by atoms with Crippen molar-refractivity contribution in [1.82, 2.24) is 0 Å². The fraction of sp³-hybridized carbons (Fsp3) is 0.333. The quantitative estimate of drug-likeness (QED) is 0.695. The number of benzene rings is 1. The molecule has 2 rings (SSSR count). The summed E-state index contributed by atoms with van der Waals surface area (Å²) in [4.78, 5) is 1.52. The molecule has 1 aromatic heterocycles. The molecule has 1 heterocycles. The first-order valence-corrected chi connectivity index (χ1v) is 6.77. The number of hydrogen-bond donors (Lipinski definition) is 0. The Balaban J connectivity index is 2.66. The van der Waals surface area contributed by atoms with Gasteiger partial charge in [0.05, 0.1) is 0 Å². The summed E-state index contributed by atoms with van der Waals surface area (Å²) in [5.41, 5.74) is 2.83. The minimum absolute atomic E-state index is 0.946. The highest BCUT2D eigenvalue weighted by Crippen LogP contribution is 2.32. The Kier molecular flexibility index (Phi) is 2.93. The Hall–Kier alpha value is -0.340. The van der Waals surface area contributed by atoms with Crippen LogP contribution in [0.4, 0.5) is 0 Å². The van der Waals surface area contributed by atoms with Gasteiger partial charge < -0.3 is 0 Å². The van der Waals surface area contributed by atoms with Gasteiger partial charge in [0, 0.05) is 14.9 Å². The van der Waals surface area contributed by atoms with E-state index in [1.807, 2.05) is 11.3 Å². The first-order chi connectivity index (χ1) is 6.76. The molecule has 0 saturated heterocycles. The molecule has 0 radical (unpaired) electrons. The summed E-state index contributed by atoms with van der Waals surface area (Å²) in [6.45, 7) is 4.45. The average Bonchev–Trinajstić information content (AvgIpc) is 2.55. The predicted molar refractivity (Wildman–Crippen MR) is 68.6 cm³/mol. The Labute approximate surface area is 97.1 Å². The van der Waals surface area contributed by atoms with Crippen LogP contribution < -0.4 is 0 Å². The van der Waals surface area contributed by atoms with Crippen molar-refractivity contribution in [3.63, 3.8) is 0 Å². The van der Waals surface area contributed by atoms with Crippen LogP contribution >= 0.6 is 27.3 Å². The zero-order chi connectivity index (χ0) is 10.1. The number of fused-ring (bicyclic) bond motifs is 1. The summed E-state index contributed by atoms with van der Waals surface area (Å²) in [7, 11) is 0. The number of thiophene rings is 1. The predicted octanol–water partition coefficient (Wildman–Crippen LogP) is 4.67. The van der Waals surface area contributed by atoms with E-state index in [1.54, 1.807) is 0 Å². The van der Waals surface area contributed by atoms with Crippen LogP contribution in [0.1, 0.15) is 22.9 Å². The molecule has 0 aliphatic rings. The van der Waals surface area contributed by atoms with E-state index in [9.17, 15) is 0 Å². The molecule has 2 aromatic rings. The molecule has 0 aliphatic carbocycles. The molecule has 0 aliphatic heterocycles. The van der Waals surface area contributed by atoms with Crippen molar-refractivity contribution in [2.75, 3.05) is 0 Å². The lowest BCUT2D eigenvalue weighted by atomic mass is 10.1. The first-order valence-electron chi connectivity index (χ1n) is 4.83. The van der Waals surface area contributed by atoms with E-state index in [0.29, 0.717) is 0 Å². The monoisotopic (exact) mass is 268 g/mol. The molecule has 0 bridgehead atoms. The second-order valence-electron chi connectivity index (χ2n) is 3.47. The molecule has 0 amide bonds. The van der Waals surface area contributed by atoms with Gasteiger partial charge in [-0.25, -0.2) is 0 Å². The van der Waals surface area contributed by atoms with Crippen molar-refractivity contribution in [2.24, 2.45) is 0 Å². The van der Waals surface area contributed by atoms with Crippen LogP contribution in [0, 0.1) is 6.92 Å². The lowest BCUT2D eigenvalue weighted by Crippen LogP contribution is -1.77. The molecule has 0 saturated carbocycles. The molecular weight excluding hydrogens is 256 g/mol. The summed E-state index contributed by atoms with van der Waals surface area (Å²) in [5.74, 6) is 0. The van der Waals surface area contributed by atoms with Gasteiger partial charge in [-0.3, -0.25) is 0 Å². The van der Waals surface area contributed by atoms with Gasteiger partial charge in [0.15, 0.2) is 0 Å². The van der Waals surface area contributed by atoms with Gasteiger partial charge in [-0.15, -0.1) is 11.3 Å². The maximum Gasteiger partial charge on any atom is 0.0351 e. The van der Waals surface area contributed by atoms with Crippen molar-refractivity contribution in [3.05, 3.63) is 34.2 Å². The van der Waals surface area contributed by atoms with Crippen molar-refractivity contribution in [1.29, 1.82) is 0 Å². The van der Waals surface area contributed by atoms with E-state index in [4.69, 9.17) is 0 Å². The van der Waals surface area contributed by atoms with Crippen LogP contribution in [0.3, 0.4) is 0 Å². The third-order valence-corrected chi connectivity index (χ3v) is 4.62. The molecule has 0 fully saturated rings. The Morgan fingerprint density at radius 1 is 1.36 bits per heavy atom. The van der Waals surface area contributed by atoms with E-state index in [2.05, 4.69) is 48.0 Å². The van der Waals surface area contributed by atoms with Crippen LogP contribution in [-0.2, 0) is 11.8 Å². The molecule has 14 heavy (non-hydrogen) atoms. The molecule has 74 valence electrons. The van der Waals surface area contributed by atoms with Gasteiger partial charge >= 0.3 is 0 Å². The molecule has 0 nitrogen and oxygen atoms in total. The number of aryl methyl sites for hydroxylation is 2. The van der Waals surface area contributed by atoms with Gasteiger partial charge in [-0.2, -0.15) is 0 Å². The van der Waals surface area contributed by atoms with Crippen LogP contribution in [0.2, 0.25) is 0 Å². The normalized spacial score (nSPS) is 11.1. The highest BCUT2D eigenvalue weighted by Gasteiger charge is 2.06. The van der Waals surface area contributed by atoms with E-state index >= 15 is 0 Å². The number of halogens is 1. The lowest BCUT2D eigenvalue weighted by molar-refractivity contribution is 1.16. The van der Waals surface area contributed by atoms with Gasteiger partial charge in [0.2, 0.25) is 0 Å². The number of alkyl halides is 1. The standard InChI is InChI=1S/C12H13BrS/c1-3-11-8(2)10-5-4-9(7-13)6-12(10)14-11/h4-6H,3,7H2,1-2H3. The summed E-state index contributed by atoms with van der Waals surface area (Å²) in [5, 5.41) is 2.37. The summed E-state index contributed by atoms with van der Waals surface area (Å²) < 4.78 is 1.43. The number of hydrogen-bond acceptors (Lipinski definition) is 1. The molecule has 2 heteroatoms. The van der Waals surface area contributed by atoms with Gasteiger partial charge in [0.25, 0.3) is 0 Å². The van der Waals surface area contributed by atoms with Gasteiger partial charge in [-0.1, -0.05) is 35.0 Å². The first kappa shape index (κ1) is 10.2. The molecule has 1 aromatic carbocycles. The lowest BCUT2D eigenvalue weighted by Gasteiger charge is -1.95. The second-order valence-corrected chi connectivity index (χ2v) is 5.17. The van der Waals surface area contributed by atoms with E-state index < -0.39 is 0 Å². The van der Waals surface area contributed by atoms with Crippen LogP contribution in [0.15, 0.2) is 18.2 Å². The summed E-state index contributed by atoms with van der Waals surface area (Å²) in [6, 6.07) is 6.74. The largest absolute Gasteiger partial charge is 0.140 e. The topological polar surface area (TPSA) is 0 Å². The number of rotatable bonds is 2. The maximum atomic E-state index is 3.49. The van der Waals surface area contributed by atoms with E-state index in [-0.39, 0.29) is 0 Å². The zero-order valence-corrected chi connectivity index (χ0v) is 10.8. The Morgan fingerprint density at radius 2 is 2.14 bits per heavy atom. The second kappa shape index (κ2) is 4.03. The molecule has 0 unspecified atom stereocenters. The van der Waals surface area contributed by atoms with E-state index in [0.717, 1.165) is 11.8 Å². The van der Waals surface area contributed by atoms with Crippen molar-refractivity contribution >= 4 is 37.4 Å². The third kappa shape index (κ3) is 1.61. The Bertz CT molecular complexity index is 457. The van der Waals surface area contributed by atoms with Crippen molar-refractivity contribution < 1.29 is 0 Å². The minimum atomic E-state index is 0.946. The summed E-state index contributed by atoms with van der Waals surface area (Å²) in [6.07, 6.45) is 1.15.